The lowest BCUT2D eigenvalue weighted by atomic mass is 10.1. The molecule has 0 bridgehead atoms. The van der Waals surface area contributed by atoms with E-state index in [1.165, 1.54) is 12.1 Å². The van der Waals surface area contributed by atoms with Crippen LogP contribution in [0.2, 0.25) is 0 Å². The van der Waals surface area contributed by atoms with Crippen LogP contribution in [0, 0.1) is 13.8 Å². The van der Waals surface area contributed by atoms with Crippen LogP contribution in [0.4, 0.5) is 0 Å². The summed E-state index contributed by atoms with van der Waals surface area (Å²) in [6, 6.07) is 4.74. The fourth-order valence-electron chi connectivity index (χ4n) is 2.08. The van der Waals surface area contributed by atoms with E-state index in [0.29, 0.717) is 0 Å². The highest BCUT2D eigenvalue weighted by Crippen LogP contribution is 2.14. The molecule has 0 aromatic heterocycles. The number of sulfonamides is 1. The van der Waals surface area contributed by atoms with Crippen molar-refractivity contribution in [2.24, 2.45) is 0 Å². The van der Waals surface area contributed by atoms with Gasteiger partial charge in [0.25, 0.3) is 5.91 Å². The van der Waals surface area contributed by atoms with Crippen LogP contribution < -0.4 is 10.0 Å². The SMILES string of the molecule is CCC(CC)NC(=O)COC(=O)CNS(=O)(=O)c1ccc(C)c(C)c1. The van der Waals surface area contributed by atoms with Gasteiger partial charge >= 0.3 is 5.97 Å². The van der Waals surface area contributed by atoms with E-state index in [1.807, 2.05) is 20.8 Å². The van der Waals surface area contributed by atoms with Crippen molar-refractivity contribution in [3.05, 3.63) is 29.3 Å². The zero-order valence-electron chi connectivity index (χ0n) is 15.1. The maximum atomic E-state index is 12.2. The molecule has 1 amide bonds. The van der Waals surface area contributed by atoms with Gasteiger partial charge in [-0.2, -0.15) is 4.72 Å². The zero-order chi connectivity index (χ0) is 19.0. The average Bonchev–Trinajstić information content (AvgIpc) is 2.58. The molecule has 0 heterocycles. The molecule has 2 N–H and O–H groups in total. The second-order valence-corrected chi connectivity index (χ2v) is 7.58. The van der Waals surface area contributed by atoms with Crippen LogP contribution in [0.25, 0.3) is 0 Å². The van der Waals surface area contributed by atoms with Crippen LogP contribution in [0.5, 0.6) is 0 Å². The van der Waals surface area contributed by atoms with Gasteiger partial charge in [0.15, 0.2) is 6.61 Å². The maximum Gasteiger partial charge on any atom is 0.321 e. The third-order valence-electron chi connectivity index (χ3n) is 3.91. The summed E-state index contributed by atoms with van der Waals surface area (Å²) in [6.07, 6.45) is 1.57. The van der Waals surface area contributed by atoms with Gasteiger partial charge in [-0.3, -0.25) is 9.59 Å². The van der Waals surface area contributed by atoms with Gasteiger partial charge in [0.1, 0.15) is 6.54 Å². The summed E-state index contributed by atoms with van der Waals surface area (Å²) in [6.45, 7) is 6.61. The van der Waals surface area contributed by atoms with Crippen molar-refractivity contribution in [1.29, 1.82) is 0 Å². The highest BCUT2D eigenvalue weighted by atomic mass is 32.2. The largest absolute Gasteiger partial charge is 0.455 e. The van der Waals surface area contributed by atoms with Crippen LogP contribution in [0.3, 0.4) is 0 Å². The molecule has 1 rings (SSSR count). The molecule has 7 nitrogen and oxygen atoms in total. The van der Waals surface area contributed by atoms with Crippen LogP contribution in [0.15, 0.2) is 23.1 Å². The predicted molar refractivity (Wildman–Crippen MR) is 94.6 cm³/mol. The van der Waals surface area contributed by atoms with Gasteiger partial charge in [-0.1, -0.05) is 19.9 Å². The van der Waals surface area contributed by atoms with E-state index in [4.69, 9.17) is 4.74 Å². The van der Waals surface area contributed by atoms with Gasteiger partial charge in [-0.25, -0.2) is 8.42 Å². The van der Waals surface area contributed by atoms with Crippen molar-refractivity contribution in [2.75, 3.05) is 13.2 Å². The van der Waals surface area contributed by atoms with Crippen molar-refractivity contribution in [3.8, 4) is 0 Å². The number of rotatable bonds is 9. The van der Waals surface area contributed by atoms with Crippen molar-refractivity contribution in [2.45, 2.75) is 51.5 Å². The Morgan fingerprint density at radius 1 is 1.12 bits per heavy atom. The lowest BCUT2D eigenvalue weighted by Crippen LogP contribution is -2.38. The Bertz CT molecular complexity index is 712. The monoisotopic (exact) mass is 370 g/mol. The minimum atomic E-state index is -3.81. The molecule has 0 saturated carbocycles. The summed E-state index contributed by atoms with van der Waals surface area (Å²) in [5.41, 5.74) is 1.81. The molecule has 0 atom stereocenters. The number of benzene rings is 1. The molecular formula is C17H26N2O5S. The summed E-state index contributed by atoms with van der Waals surface area (Å²) in [4.78, 5) is 23.4. The number of aryl methyl sites for hydroxylation is 2. The number of nitrogens with one attached hydrogen (secondary N) is 2. The third-order valence-corrected chi connectivity index (χ3v) is 5.31. The van der Waals surface area contributed by atoms with E-state index in [0.717, 1.165) is 24.0 Å². The molecule has 0 unspecified atom stereocenters. The molecule has 0 spiro atoms. The first kappa shape index (κ1) is 21.1. The molecule has 0 fully saturated rings. The van der Waals surface area contributed by atoms with Gasteiger partial charge in [-0.15, -0.1) is 0 Å². The fraction of sp³-hybridized carbons (Fsp3) is 0.529. The van der Waals surface area contributed by atoms with Gasteiger partial charge in [0, 0.05) is 6.04 Å². The first-order valence-corrected chi connectivity index (χ1v) is 9.69. The molecule has 8 heteroatoms. The molecule has 140 valence electrons. The van der Waals surface area contributed by atoms with Gasteiger partial charge in [0.05, 0.1) is 4.90 Å². The van der Waals surface area contributed by atoms with E-state index in [9.17, 15) is 18.0 Å². The summed E-state index contributed by atoms with van der Waals surface area (Å²) < 4.78 is 31.3. The first-order chi connectivity index (χ1) is 11.7. The Morgan fingerprint density at radius 2 is 1.76 bits per heavy atom. The minimum absolute atomic E-state index is 0.0366. The Balaban J connectivity index is 2.50. The minimum Gasteiger partial charge on any atom is -0.455 e. The molecule has 0 aliphatic heterocycles. The molecule has 0 saturated heterocycles. The van der Waals surface area contributed by atoms with Gasteiger partial charge in [0.2, 0.25) is 10.0 Å². The molecule has 1 aromatic carbocycles. The Hall–Kier alpha value is -1.93. The van der Waals surface area contributed by atoms with Gasteiger partial charge in [-0.05, 0) is 49.9 Å². The van der Waals surface area contributed by atoms with E-state index in [2.05, 4.69) is 10.0 Å². The normalized spacial score (nSPS) is 11.4. The van der Waals surface area contributed by atoms with Crippen molar-refractivity contribution < 1.29 is 22.7 Å². The number of carbonyl (C=O) groups excluding carboxylic acids is 2. The van der Waals surface area contributed by atoms with Crippen LogP contribution >= 0.6 is 0 Å². The highest BCUT2D eigenvalue weighted by Gasteiger charge is 2.17. The molecular weight excluding hydrogens is 344 g/mol. The van der Waals surface area contributed by atoms with E-state index < -0.39 is 35.1 Å². The van der Waals surface area contributed by atoms with E-state index >= 15 is 0 Å². The number of carbonyl (C=O) groups is 2. The second kappa shape index (κ2) is 9.53. The highest BCUT2D eigenvalue weighted by molar-refractivity contribution is 7.89. The summed E-state index contributed by atoms with van der Waals surface area (Å²) in [5, 5.41) is 2.73. The molecule has 0 aliphatic rings. The summed E-state index contributed by atoms with van der Waals surface area (Å²) in [5.74, 6) is -1.22. The Morgan fingerprint density at radius 3 is 2.32 bits per heavy atom. The molecule has 0 aliphatic carbocycles. The Labute approximate surface area is 149 Å². The number of amides is 1. The number of hydrogen-bond donors (Lipinski definition) is 2. The molecule has 1 aromatic rings. The van der Waals surface area contributed by atoms with Crippen molar-refractivity contribution >= 4 is 21.9 Å². The average molecular weight is 370 g/mol. The van der Waals surface area contributed by atoms with Crippen LogP contribution in [-0.2, 0) is 24.3 Å². The quantitative estimate of drug-likeness (QED) is 0.640. The maximum absolute atomic E-state index is 12.2. The topological polar surface area (TPSA) is 102 Å². The first-order valence-electron chi connectivity index (χ1n) is 8.21. The lowest BCUT2D eigenvalue weighted by molar-refractivity contribution is -0.147. The Kier molecular flexibility index (Phi) is 8.05. The van der Waals surface area contributed by atoms with E-state index in [-0.39, 0.29) is 10.9 Å². The standard InChI is InChI=1S/C17H26N2O5S/c1-5-14(6-2)19-16(20)11-24-17(21)10-18-25(22,23)15-8-7-12(3)13(4)9-15/h7-9,14,18H,5-6,10-11H2,1-4H3,(H,19,20). The number of hydrogen-bond acceptors (Lipinski definition) is 5. The summed E-state index contributed by atoms with van der Waals surface area (Å²) >= 11 is 0. The van der Waals surface area contributed by atoms with Crippen molar-refractivity contribution in [1.82, 2.24) is 10.0 Å². The molecule has 0 radical (unpaired) electrons. The number of esters is 1. The van der Waals surface area contributed by atoms with Crippen molar-refractivity contribution in [3.63, 3.8) is 0 Å². The number of ether oxygens (including phenoxy) is 1. The van der Waals surface area contributed by atoms with Crippen LogP contribution in [0.1, 0.15) is 37.8 Å². The van der Waals surface area contributed by atoms with E-state index in [1.54, 1.807) is 13.0 Å². The van der Waals surface area contributed by atoms with Gasteiger partial charge < -0.3 is 10.1 Å². The smallest absolute Gasteiger partial charge is 0.321 e. The predicted octanol–water partition coefficient (Wildman–Crippen LogP) is 1.43. The lowest BCUT2D eigenvalue weighted by Gasteiger charge is -2.14. The zero-order valence-corrected chi connectivity index (χ0v) is 15.9. The third kappa shape index (κ3) is 6.83. The fourth-order valence-corrected chi connectivity index (χ4v) is 3.13. The molecule has 25 heavy (non-hydrogen) atoms. The summed E-state index contributed by atoms with van der Waals surface area (Å²) in [7, 11) is -3.81. The second-order valence-electron chi connectivity index (χ2n) is 5.81. The van der Waals surface area contributed by atoms with Crippen LogP contribution in [-0.4, -0.2) is 39.5 Å².